The molecule has 168 valence electrons. The minimum atomic E-state index is -0.113. The summed E-state index contributed by atoms with van der Waals surface area (Å²) in [5.41, 5.74) is 2.12. The van der Waals surface area contributed by atoms with Gasteiger partial charge in [-0.3, -0.25) is 14.5 Å². The molecule has 1 saturated heterocycles. The third kappa shape index (κ3) is 5.08. The average Bonchev–Trinajstić information content (AvgIpc) is 3.25. The number of amides is 1. The zero-order chi connectivity index (χ0) is 22.5. The summed E-state index contributed by atoms with van der Waals surface area (Å²) in [7, 11) is 0. The highest BCUT2D eigenvalue weighted by molar-refractivity contribution is 7.22. The Hall–Kier alpha value is -2.97. The van der Waals surface area contributed by atoms with Crippen LogP contribution < -0.4 is 15.0 Å². The lowest BCUT2D eigenvalue weighted by Crippen LogP contribution is -2.48. The molecule has 1 aromatic heterocycles. The minimum absolute atomic E-state index is 0.00307. The Kier molecular flexibility index (Phi) is 7.02. The number of para-hydroxylation sites is 1. The number of aromatic nitrogens is 1. The number of thiazole rings is 1. The van der Waals surface area contributed by atoms with Crippen LogP contribution >= 0.6 is 11.3 Å². The van der Waals surface area contributed by atoms with Crippen molar-refractivity contribution in [3.05, 3.63) is 53.6 Å². The monoisotopic (exact) mass is 452 g/mol. The number of nitrogens with one attached hydrogen (secondary N) is 1. The Morgan fingerprint density at radius 3 is 2.47 bits per heavy atom. The van der Waals surface area contributed by atoms with E-state index in [1.165, 1.54) is 6.92 Å². The lowest BCUT2D eigenvalue weighted by molar-refractivity contribution is 0.0945. The molecule has 32 heavy (non-hydrogen) atoms. The average molecular weight is 453 g/mol. The van der Waals surface area contributed by atoms with Crippen molar-refractivity contribution in [3.63, 3.8) is 0 Å². The van der Waals surface area contributed by atoms with Crippen LogP contribution in [-0.2, 0) is 0 Å². The van der Waals surface area contributed by atoms with Gasteiger partial charge in [0, 0.05) is 50.4 Å². The molecule has 1 aliphatic heterocycles. The van der Waals surface area contributed by atoms with Gasteiger partial charge in [0.15, 0.2) is 10.9 Å². The minimum Gasteiger partial charge on any atom is -0.492 e. The van der Waals surface area contributed by atoms with Crippen LogP contribution in [0.2, 0.25) is 0 Å². The van der Waals surface area contributed by atoms with Crippen molar-refractivity contribution < 1.29 is 14.3 Å². The predicted octanol–water partition coefficient (Wildman–Crippen LogP) is 3.45. The maximum Gasteiger partial charge on any atom is 0.251 e. The highest BCUT2D eigenvalue weighted by Crippen LogP contribution is 2.34. The largest absolute Gasteiger partial charge is 0.492 e. The van der Waals surface area contributed by atoms with Gasteiger partial charge < -0.3 is 15.0 Å². The second-order valence-corrected chi connectivity index (χ2v) is 8.76. The Bertz CT molecular complexity index is 1090. The molecule has 2 heterocycles. The summed E-state index contributed by atoms with van der Waals surface area (Å²) in [6.07, 6.45) is 0. The Balaban J connectivity index is 1.25. The van der Waals surface area contributed by atoms with E-state index in [-0.39, 0.29) is 11.7 Å². The lowest BCUT2D eigenvalue weighted by Gasteiger charge is -2.34. The number of Topliss-reactive ketones (excluding diaryl/α,β-unsaturated/α-hetero) is 1. The highest BCUT2D eigenvalue weighted by atomic mass is 32.1. The SMILES string of the molecule is CCOc1cccc2sc(N3CCN(CCNC(=O)c4ccc(C(C)=O)cc4)CC3)nc12. The summed E-state index contributed by atoms with van der Waals surface area (Å²) in [4.78, 5) is 33.2. The molecule has 1 N–H and O–H groups in total. The number of hydrogen-bond donors (Lipinski definition) is 1. The van der Waals surface area contributed by atoms with Gasteiger partial charge in [0.2, 0.25) is 0 Å². The molecule has 3 aromatic rings. The molecule has 4 rings (SSSR count). The van der Waals surface area contributed by atoms with Gasteiger partial charge in [0.05, 0.1) is 11.3 Å². The third-order valence-electron chi connectivity index (χ3n) is 5.58. The topological polar surface area (TPSA) is 74.8 Å². The smallest absolute Gasteiger partial charge is 0.251 e. The standard InChI is InChI=1S/C24H28N4O3S/c1-3-31-20-5-4-6-21-22(20)26-24(32-21)28-15-13-27(14-16-28)12-11-25-23(30)19-9-7-18(8-10-19)17(2)29/h4-10H,3,11-16H2,1-2H3,(H,25,30). The molecule has 1 aliphatic rings. The van der Waals surface area contributed by atoms with Crippen molar-refractivity contribution in [2.45, 2.75) is 13.8 Å². The van der Waals surface area contributed by atoms with E-state index >= 15 is 0 Å². The van der Waals surface area contributed by atoms with Crippen molar-refractivity contribution in [1.82, 2.24) is 15.2 Å². The van der Waals surface area contributed by atoms with Crippen molar-refractivity contribution in [1.29, 1.82) is 0 Å². The molecule has 0 saturated carbocycles. The van der Waals surface area contributed by atoms with Gasteiger partial charge in [0.1, 0.15) is 11.3 Å². The fraction of sp³-hybridized carbons (Fsp3) is 0.375. The van der Waals surface area contributed by atoms with E-state index in [1.807, 2.05) is 19.1 Å². The molecule has 0 atom stereocenters. The number of ketones is 1. The van der Waals surface area contributed by atoms with Crippen LogP contribution in [0.25, 0.3) is 10.2 Å². The van der Waals surface area contributed by atoms with Gasteiger partial charge in [0.25, 0.3) is 5.91 Å². The Labute approximate surface area is 192 Å². The maximum absolute atomic E-state index is 12.3. The summed E-state index contributed by atoms with van der Waals surface area (Å²) in [6.45, 7) is 9.20. The van der Waals surface area contributed by atoms with Crippen LogP contribution in [0.3, 0.4) is 0 Å². The first kappa shape index (κ1) is 22.2. The van der Waals surface area contributed by atoms with Crippen LogP contribution in [0.4, 0.5) is 5.13 Å². The number of hydrogen-bond acceptors (Lipinski definition) is 7. The normalized spacial score (nSPS) is 14.5. The first-order chi connectivity index (χ1) is 15.5. The zero-order valence-electron chi connectivity index (χ0n) is 18.5. The number of anilines is 1. The molecule has 0 aliphatic carbocycles. The maximum atomic E-state index is 12.3. The van der Waals surface area contributed by atoms with Crippen LogP contribution in [0.15, 0.2) is 42.5 Å². The number of rotatable bonds is 8. The predicted molar refractivity (Wildman–Crippen MR) is 128 cm³/mol. The molecular weight excluding hydrogens is 424 g/mol. The van der Waals surface area contributed by atoms with Gasteiger partial charge in [-0.05, 0) is 38.1 Å². The van der Waals surface area contributed by atoms with Crippen LogP contribution in [0, 0.1) is 0 Å². The highest BCUT2D eigenvalue weighted by Gasteiger charge is 2.20. The number of fused-ring (bicyclic) bond motifs is 1. The molecular formula is C24H28N4O3S. The molecule has 0 spiro atoms. The summed E-state index contributed by atoms with van der Waals surface area (Å²) >= 11 is 1.71. The van der Waals surface area contributed by atoms with E-state index in [0.29, 0.717) is 24.3 Å². The first-order valence-electron chi connectivity index (χ1n) is 10.9. The van der Waals surface area contributed by atoms with Gasteiger partial charge in [-0.15, -0.1) is 0 Å². The van der Waals surface area contributed by atoms with E-state index in [2.05, 4.69) is 21.2 Å². The van der Waals surface area contributed by atoms with Crippen molar-refractivity contribution >= 4 is 38.4 Å². The van der Waals surface area contributed by atoms with Gasteiger partial charge in [-0.2, -0.15) is 0 Å². The molecule has 2 aromatic carbocycles. The number of carbonyl (C=O) groups is 2. The lowest BCUT2D eigenvalue weighted by atomic mass is 10.1. The summed E-state index contributed by atoms with van der Waals surface area (Å²) in [5.74, 6) is 0.729. The van der Waals surface area contributed by atoms with Crippen molar-refractivity contribution in [3.8, 4) is 5.75 Å². The quantitative estimate of drug-likeness (QED) is 0.528. The van der Waals surface area contributed by atoms with Crippen LogP contribution in [0.1, 0.15) is 34.6 Å². The van der Waals surface area contributed by atoms with Crippen molar-refractivity contribution in [2.75, 3.05) is 50.8 Å². The third-order valence-corrected chi connectivity index (χ3v) is 6.66. The van der Waals surface area contributed by atoms with Gasteiger partial charge >= 0.3 is 0 Å². The second kappa shape index (κ2) is 10.1. The summed E-state index contributed by atoms with van der Waals surface area (Å²) in [5, 5.41) is 4.01. The van der Waals surface area contributed by atoms with E-state index in [1.54, 1.807) is 35.6 Å². The number of ether oxygens (including phenoxy) is 1. The molecule has 1 fully saturated rings. The second-order valence-electron chi connectivity index (χ2n) is 7.75. The van der Waals surface area contributed by atoms with Crippen molar-refractivity contribution in [2.24, 2.45) is 0 Å². The van der Waals surface area contributed by atoms with E-state index in [9.17, 15) is 9.59 Å². The van der Waals surface area contributed by atoms with Gasteiger partial charge in [-0.1, -0.05) is 29.5 Å². The number of piperazine rings is 1. The van der Waals surface area contributed by atoms with E-state index in [4.69, 9.17) is 9.72 Å². The fourth-order valence-corrected chi connectivity index (χ4v) is 4.80. The summed E-state index contributed by atoms with van der Waals surface area (Å²) < 4.78 is 6.86. The molecule has 8 heteroatoms. The summed E-state index contributed by atoms with van der Waals surface area (Å²) in [6, 6.07) is 12.8. The molecule has 0 bridgehead atoms. The molecule has 1 amide bonds. The molecule has 0 unspecified atom stereocenters. The fourth-order valence-electron chi connectivity index (χ4n) is 3.77. The van der Waals surface area contributed by atoms with Crippen LogP contribution in [0.5, 0.6) is 5.75 Å². The first-order valence-corrected chi connectivity index (χ1v) is 11.8. The number of carbonyl (C=O) groups excluding carboxylic acids is 2. The van der Waals surface area contributed by atoms with E-state index < -0.39 is 0 Å². The van der Waals surface area contributed by atoms with Gasteiger partial charge in [-0.25, -0.2) is 4.98 Å². The zero-order valence-corrected chi connectivity index (χ0v) is 19.3. The van der Waals surface area contributed by atoms with E-state index in [0.717, 1.165) is 53.8 Å². The molecule has 0 radical (unpaired) electrons. The van der Waals surface area contributed by atoms with Crippen LogP contribution in [-0.4, -0.2) is 67.4 Å². The number of benzene rings is 2. The Morgan fingerprint density at radius 2 is 1.78 bits per heavy atom. The number of nitrogens with zero attached hydrogens (tertiary/aromatic N) is 3. The molecule has 7 nitrogen and oxygen atoms in total. The Morgan fingerprint density at radius 1 is 1.06 bits per heavy atom.